The fourth-order valence-electron chi connectivity index (χ4n) is 1.11. The smallest absolute Gasteiger partial charge is 0.224 e. The summed E-state index contributed by atoms with van der Waals surface area (Å²) in [6.45, 7) is 1.91. The zero-order chi connectivity index (χ0) is 10.3. The molecule has 14 heavy (non-hydrogen) atoms. The maximum atomic E-state index is 5.87. The van der Waals surface area contributed by atoms with E-state index in [1.807, 2.05) is 6.92 Å². The summed E-state index contributed by atoms with van der Waals surface area (Å²) in [6, 6.07) is 0. The number of aryl methyl sites for hydroxylation is 1. The van der Waals surface area contributed by atoms with Crippen molar-refractivity contribution in [3.63, 3.8) is 0 Å². The van der Waals surface area contributed by atoms with E-state index in [-0.39, 0.29) is 10.4 Å². The molecule has 0 saturated heterocycles. The number of pyridine rings is 1. The Morgan fingerprint density at radius 3 is 2.64 bits per heavy atom. The van der Waals surface area contributed by atoms with Crippen LogP contribution in [0.4, 0.5) is 0 Å². The molecule has 0 aliphatic heterocycles. The Hall–Kier alpha value is -0.450. The summed E-state index contributed by atoms with van der Waals surface area (Å²) in [5.74, 6) is 0. The van der Waals surface area contributed by atoms with Crippen molar-refractivity contribution in [2.75, 3.05) is 0 Å². The molecule has 6 heteroatoms. The topological polar surface area (TPSA) is 38.7 Å². The highest BCUT2D eigenvalue weighted by Crippen LogP contribution is 2.26. The molecule has 0 fully saturated rings. The molecule has 0 unspecified atom stereocenters. The molecule has 0 amide bonds. The molecule has 0 aliphatic rings. The molecule has 3 nitrogen and oxygen atoms in total. The zero-order valence-electron chi connectivity index (χ0n) is 7.05. The third-order valence-electron chi connectivity index (χ3n) is 1.83. The van der Waals surface area contributed by atoms with Crippen molar-refractivity contribution >= 4 is 50.2 Å². The van der Waals surface area contributed by atoms with Gasteiger partial charge in [0.15, 0.2) is 5.15 Å². The molecule has 0 aromatic carbocycles. The van der Waals surface area contributed by atoms with Crippen LogP contribution in [-0.2, 0) is 0 Å². The van der Waals surface area contributed by atoms with Gasteiger partial charge in [0.05, 0.1) is 5.52 Å². The van der Waals surface area contributed by atoms with Crippen LogP contribution < -0.4 is 0 Å². The first-order valence-corrected chi connectivity index (χ1v) is 5.28. The molecule has 2 rings (SSSR count). The first kappa shape index (κ1) is 10.1. The van der Waals surface area contributed by atoms with E-state index in [0.29, 0.717) is 11.0 Å². The van der Waals surface area contributed by atoms with E-state index in [9.17, 15) is 0 Å². The van der Waals surface area contributed by atoms with Gasteiger partial charge in [-0.2, -0.15) is 0 Å². The summed E-state index contributed by atoms with van der Waals surface area (Å²) in [7, 11) is 0. The van der Waals surface area contributed by atoms with Crippen molar-refractivity contribution in [3.05, 3.63) is 26.7 Å². The van der Waals surface area contributed by atoms with Crippen LogP contribution in [0.25, 0.3) is 11.0 Å². The predicted molar refractivity (Wildman–Crippen MR) is 59.8 cm³/mol. The molecule has 2 aromatic rings. The van der Waals surface area contributed by atoms with Crippen molar-refractivity contribution in [2.24, 2.45) is 0 Å². The minimum absolute atomic E-state index is 0.130. The predicted octanol–water partition coefficient (Wildman–Crippen LogP) is 3.40. The quantitative estimate of drug-likeness (QED) is 0.552. The van der Waals surface area contributed by atoms with Crippen LogP contribution in [0.2, 0.25) is 10.4 Å². The van der Waals surface area contributed by atoms with E-state index in [4.69, 9.17) is 23.2 Å². The molecule has 2 heterocycles. The van der Waals surface area contributed by atoms with Crippen LogP contribution in [0.1, 0.15) is 5.56 Å². The number of hydrogen-bond acceptors (Lipinski definition) is 3. The van der Waals surface area contributed by atoms with Gasteiger partial charge in [-0.3, -0.25) is 4.98 Å². The largest absolute Gasteiger partial charge is 0.250 e. The third-order valence-corrected chi connectivity index (χ3v) is 3.07. The van der Waals surface area contributed by atoms with Gasteiger partial charge in [0.1, 0.15) is 5.52 Å². The van der Waals surface area contributed by atoms with Crippen molar-refractivity contribution in [2.45, 2.75) is 6.92 Å². The van der Waals surface area contributed by atoms with Gasteiger partial charge in [0.25, 0.3) is 0 Å². The molecule has 0 N–H and O–H groups in total. The Labute approximate surface area is 98.6 Å². The molecule has 72 valence electrons. The van der Waals surface area contributed by atoms with Gasteiger partial charge < -0.3 is 0 Å². The highest BCUT2D eigenvalue weighted by Gasteiger charge is 2.09. The molecule has 0 atom stereocenters. The molecule has 2 aromatic heterocycles. The summed E-state index contributed by atoms with van der Waals surface area (Å²) in [6.07, 6.45) is 1.67. The van der Waals surface area contributed by atoms with E-state index in [1.165, 1.54) is 0 Å². The summed E-state index contributed by atoms with van der Waals surface area (Å²) in [4.78, 5) is 12.0. The highest BCUT2D eigenvalue weighted by molar-refractivity contribution is 9.10. The Balaban J connectivity index is 2.95. The maximum Gasteiger partial charge on any atom is 0.224 e. The van der Waals surface area contributed by atoms with E-state index in [0.717, 1.165) is 10.0 Å². The first-order valence-electron chi connectivity index (χ1n) is 3.73. The van der Waals surface area contributed by atoms with Gasteiger partial charge in [-0.1, -0.05) is 11.6 Å². The van der Waals surface area contributed by atoms with Gasteiger partial charge in [0.2, 0.25) is 5.28 Å². The van der Waals surface area contributed by atoms with E-state index < -0.39 is 0 Å². The molecule has 0 radical (unpaired) electrons. The standard InChI is InChI=1S/C8H4BrCl2N3/c1-3-4(9)2-12-6-5(3)13-8(11)14-7(6)10/h2H,1H3. The monoisotopic (exact) mass is 291 g/mol. The summed E-state index contributed by atoms with van der Waals surface area (Å²) < 4.78 is 0.871. The van der Waals surface area contributed by atoms with Gasteiger partial charge in [-0.25, -0.2) is 9.97 Å². The van der Waals surface area contributed by atoms with Crippen LogP contribution in [-0.4, -0.2) is 15.0 Å². The number of nitrogens with zero attached hydrogens (tertiary/aromatic N) is 3. The average molecular weight is 293 g/mol. The minimum Gasteiger partial charge on any atom is -0.250 e. The normalized spacial score (nSPS) is 10.9. The summed E-state index contributed by atoms with van der Waals surface area (Å²) in [5, 5.41) is 0.404. The van der Waals surface area contributed by atoms with Crippen LogP contribution in [0.3, 0.4) is 0 Å². The Morgan fingerprint density at radius 2 is 1.93 bits per heavy atom. The lowest BCUT2D eigenvalue weighted by Gasteiger charge is -2.03. The number of hydrogen-bond donors (Lipinski definition) is 0. The molecular formula is C8H4BrCl2N3. The zero-order valence-corrected chi connectivity index (χ0v) is 10.2. The third kappa shape index (κ3) is 1.58. The van der Waals surface area contributed by atoms with Crippen molar-refractivity contribution in [1.29, 1.82) is 0 Å². The minimum atomic E-state index is 0.130. The van der Waals surface area contributed by atoms with Gasteiger partial charge in [-0.15, -0.1) is 0 Å². The molecule has 0 bridgehead atoms. The number of halogens is 3. The van der Waals surface area contributed by atoms with Gasteiger partial charge in [-0.05, 0) is 40.0 Å². The number of aromatic nitrogens is 3. The summed E-state index contributed by atoms with van der Waals surface area (Å²) >= 11 is 14.9. The Kier molecular flexibility index (Phi) is 2.60. The highest BCUT2D eigenvalue weighted by atomic mass is 79.9. The first-order chi connectivity index (χ1) is 6.59. The molecule has 0 spiro atoms. The van der Waals surface area contributed by atoms with Gasteiger partial charge in [0, 0.05) is 10.7 Å². The lowest BCUT2D eigenvalue weighted by molar-refractivity contribution is 1.18. The average Bonchev–Trinajstić information content (AvgIpc) is 2.12. The van der Waals surface area contributed by atoms with Gasteiger partial charge >= 0.3 is 0 Å². The molecule has 0 aliphatic carbocycles. The van der Waals surface area contributed by atoms with Crippen molar-refractivity contribution in [3.8, 4) is 0 Å². The lowest BCUT2D eigenvalue weighted by Crippen LogP contribution is -1.92. The van der Waals surface area contributed by atoms with E-state index in [2.05, 4.69) is 30.9 Å². The van der Waals surface area contributed by atoms with Crippen LogP contribution >= 0.6 is 39.1 Å². The van der Waals surface area contributed by atoms with Crippen molar-refractivity contribution in [1.82, 2.24) is 15.0 Å². The maximum absolute atomic E-state index is 5.87. The Bertz CT molecular complexity index is 515. The van der Waals surface area contributed by atoms with Crippen molar-refractivity contribution < 1.29 is 0 Å². The number of fused-ring (bicyclic) bond motifs is 1. The fourth-order valence-corrected chi connectivity index (χ4v) is 1.83. The SMILES string of the molecule is Cc1c(Br)cnc2c(Cl)nc(Cl)nc12. The number of rotatable bonds is 0. The summed E-state index contributed by atoms with van der Waals surface area (Å²) in [5.41, 5.74) is 2.18. The second-order valence-corrected chi connectivity index (χ2v) is 4.26. The second kappa shape index (κ2) is 3.61. The molecule has 0 saturated carbocycles. The van der Waals surface area contributed by atoms with E-state index >= 15 is 0 Å². The lowest BCUT2D eigenvalue weighted by atomic mass is 10.2. The molecular weight excluding hydrogens is 289 g/mol. The fraction of sp³-hybridized carbons (Fsp3) is 0.125. The van der Waals surface area contributed by atoms with Crippen LogP contribution in [0.15, 0.2) is 10.7 Å². The van der Waals surface area contributed by atoms with Crippen LogP contribution in [0.5, 0.6) is 0 Å². The van der Waals surface area contributed by atoms with Crippen LogP contribution in [0, 0.1) is 6.92 Å². The van der Waals surface area contributed by atoms with E-state index in [1.54, 1.807) is 6.20 Å². The second-order valence-electron chi connectivity index (χ2n) is 2.71. The Morgan fingerprint density at radius 1 is 1.21 bits per heavy atom.